The molecule has 1 heterocycles. The zero-order chi connectivity index (χ0) is 20.9. The Labute approximate surface area is 172 Å². The van der Waals surface area contributed by atoms with E-state index >= 15 is 0 Å². The van der Waals surface area contributed by atoms with Crippen molar-refractivity contribution >= 4 is 34.6 Å². The number of aromatic nitrogens is 2. The number of H-pyrrole nitrogens is 1. The van der Waals surface area contributed by atoms with E-state index in [1.807, 2.05) is 36.4 Å². The predicted octanol–water partition coefficient (Wildman–Crippen LogP) is 4.35. The van der Waals surface area contributed by atoms with Gasteiger partial charge in [-0.15, -0.1) is 0 Å². The summed E-state index contributed by atoms with van der Waals surface area (Å²) in [5.41, 5.74) is 2.52. The second-order valence-corrected chi connectivity index (χ2v) is 6.61. The van der Waals surface area contributed by atoms with Gasteiger partial charge in [0.1, 0.15) is 11.6 Å². The van der Waals surface area contributed by atoms with Crippen LogP contribution in [0.5, 0.6) is 5.75 Å². The predicted molar refractivity (Wildman–Crippen MR) is 119 cm³/mol. The molecule has 0 aliphatic carbocycles. The van der Waals surface area contributed by atoms with Crippen LogP contribution < -0.4 is 15.6 Å². The molecule has 0 atom stereocenters. The molecule has 3 aromatic carbocycles. The molecular formula is C24H19N3O3. The van der Waals surface area contributed by atoms with Gasteiger partial charge in [0.05, 0.1) is 18.0 Å². The number of nitrogens with zero attached hydrogens (tertiary/aromatic N) is 1. The number of aromatic amines is 1. The van der Waals surface area contributed by atoms with Crippen LogP contribution in [0.3, 0.4) is 0 Å². The van der Waals surface area contributed by atoms with Gasteiger partial charge in [-0.25, -0.2) is 4.98 Å². The number of hydrogen-bond donors (Lipinski definition) is 2. The summed E-state index contributed by atoms with van der Waals surface area (Å²) in [6.07, 6.45) is 3.56. The number of para-hydroxylation sites is 1. The zero-order valence-electron chi connectivity index (χ0n) is 16.3. The number of hydrogen-bond acceptors (Lipinski definition) is 4. The summed E-state index contributed by atoms with van der Waals surface area (Å²) in [5.74, 6) is 0.949. The standard InChI is InChI=1S/C24H19N3O3/c1-30-19-12-10-17(11-13-19)23(28)25-18-6-4-5-16(15-18)9-14-22-26-21-8-3-2-7-20(21)24(29)27-22/h2-15H,1H3,(H,25,28)(H,26,27,29). The summed E-state index contributed by atoms with van der Waals surface area (Å²) in [7, 11) is 1.58. The lowest BCUT2D eigenvalue weighted by Crippen LogP contribution is -2.11. The van der Waals surface area contributed by atoms with Crippen molar-refractivity contribution in [3.05, 3.63) is 100 Å². The third-order valence-electron chi connectivity index (χ3n) is 4.56. The quantitative estimate of drug-likeness (QED) is 0.524. The van der Waals surface area contributed by atoms with E-state index in [0.29, 0.717) is 33.7 Å². The summed E-state index contributed by atoms with van der Waals surface area (Å²) >= 11 is 0. The second-order valence-electron chi connectivity index (χ2n) is 6.61. The summed E-state index contributed by atoms with van der Waals surface area (Å²) in [6.45, 7) is 0. The molecule has 30 heavy (non-hydrogen) atoms. The SMILES string of the molecule is COc1ccc(C(=O)Nc2cccc(C=Cc3nc4ccccc4c(=O)[nH]3)c2)cc1. The molecule has 0 radical (unpaired) electrons. The average molecular weight is 397 g/mol. The lowest BCUT2D eigenvalue weighted by atomic mass is 10.1. The largest absolute Gasteiger partial charge is 0.497 e. The first kappa shape index (κ1) is 19.1. The molecule has 6 heteroatoms. The third kappa shape index (κ3) is 4.28. The summed E-state index contributed by atoms with van der Waals surface area (Å²) < 4.78 is 5.11. The molecule has 148 valence electrons. The van der Waals surface area contributed by atoms with Crippen molar-refractivity contribution in [2.24, 2.45) is 0 Å². The molecule has 4 rings (SSSR count). The van der Waals surface area contributed by atoms with Crippen LogP contribution in [-0.2, 0) is 0 Å². The monoisotopic (exact) mass is 397 g/mol. The normalized spacial score (nSPS) is 11.0. The van der Waals surface area contributed by atoms with Crippen LogP contribution in [-0.4, -0.2) is 23.0 Å². The molecule has 1 aromatic heterocycles. The van der Waals surface area contributed by atoms with E-state index in [1.165, 1.54) is 0 Å². The van der Waals surface area contributed by atoms with E-state index in [1.54, 1.807) is 55.7 Å². The van der Waals surface area contributed by atoms with Crippen LogP contribution in [0.2, 0.25) is 0 Å². The summed E-state index contributed by atoms with van der Waals surface area (Å²) in [6, 6.07) is 21.5. The molecule has 2 N–H and O–H groups in total. The molecule has 6 nitrogen and oxygen atoms in total. The van der Waals surface area contributed by atoms with Gasteiger partial charge in [0, 0.05) is 11.3 Å². The molecule has 1 amide bonds. The number of methoxy groups -OCH3 is 1. The number of fused-ring (bicyclic) bond motifs is 1. The van der Waals surface area contributed by atoms with Crippen LogP contribution >= 0.6 is 0 Å². The number of carbonyl (C=O) groups excluding carboxylic acids is 1. The smallest absolute Gasteiger partial charge is 0.259 e. The number of nitrogens with one attached hydrogen (secondary N) is 2. The van der Waals surface area contributed by atoms with Crippen LogP contribution in [0, 0.1) is 0 Å². The van der Waals surface area contributed by atoms with Crippen molar-refractivity contribution in [2.45, 2.75) is 0 Å². The van der Waals surface area contributed by atoms with Crippen molar-refractivity contribution in [3.63, 3.8) is 0 Å². The fourth-order valence-electron chi connectivity index (χ4n) is 3.02. The Morgan fingerprint density at radius 3 is 2.60 bits per heavy atom. The Morgan fingerprint density at radius 1 is 1.00 bits per heavy atom. The Morgan fingerprint density at radius 2 is 1.80 bits per heavy atom. The molecule has 0 saturated heterocycles. The van der Waals surface area contributed by atoms with Gasteiger partial charge in [-0.05, 0) is 60.2 Å². The molecule has 0 unspecified atom stereocenters. The fraction of sp³-hybridized carbons (Fsp3) is 0.0417. The zero-order valence-corrected chi connectivity index (χ0v) is 16.3. The molecule has 4 aromatic rings. The Kier molecular flexibility index (Phi) is 5.39. The minimum atomic E-state index is -0.209. The van der Waals surface area contributed by atoms with Gasteiger partial charge >= 0.3 is 0 Å². The van der Waals surface area contributed by atoms with Gasteiger partial charge in [0.2, 0.25) is 0 Å². The van der Waals surface area contributed by atoms with Gasteiger partial charge < -0.3 is 15.0 Å². The number of carbonyl (C=O) groups is 1. The van der Waals surface area contributed by atoms with Crippen molar-refractivity contribution in [2.75, 3.05) is 12.4 Å². The van der Waals surface area contributed by atoms with Gasteiger partial charge in [-0.1, -0.05) is 30.3 Å². The van der Waals surface area contributed by atoms with Gasteiger partial charge in [0.15, 0.2) is 0 Å². The highest BCUT2D eigenvalue weighted by Gasteiger charge is 2.06. The maximum Gasteiger partial charge on any atom is 0.259 e. The first-order valence-corrected chi connectivity index (χ1v) is 9.35. The second kappa shape index (κ2) is 8.45. The minimum absolute atomic E-state index is 0.180. The summed E-state index contributed by atoms with van der Waals surface area (Å²) in [4.78, 5) is 31.8. The molecular weight excluding hydrogens is 378 g/mol. The van der Waals surface area contributed by atoms with Crippen molar-refractivity contribution in [1.82, 2.24) is 9.97 Å². The minimum Gasteiger partial charge on any atom is -0.497 e. The average Bonchev–Trinajstić information content (AvgIpc) is 2.78. The molecule has 0 fully saturated rings. The van der Waals surface area contributed by atoms with E-state index in [4.69, 9.17) is 4.74 Å². The number of anilines is 1. The number of benzene rings is 3. The summed E-state index contributed by atoms with van der Waals surface area (Å²) in [5, 5.41) is 3.43. The molecule has 0 spiro atoms. The molecule has 0 bridgehead atoms. The van der Waals surface area contributed by atoms with E-state index in [-0.39, 0.29) is 11.5 Å². The lowest BCUT2D eigenvalue weighted by molar-refractivity contribution is 0.102. The van der Waals surface area contributed by atoms with Crippen LogP contribution in [0.25, 0.3) is 23.1 Å². The first-order valence-electron chi connectivity index (χ1n) is 9.35. The molecule has 0 aliphatic rings. The first-order chi connectivity index (χ1) is 14.6. The van der Waals surface area contributed by atoms with Crippen LogP contribution in [0.1, 0.15) is 21.7 Å². The number of ether oxygens (including phenoxy) is 1. The Bertz CT molecular complexity index is 1290. The molecule has 0 saturated carbocycles. The lowest BCUT2D eigenvalue weighted by Gasteiger charge is -2.07. The Hall–Kier alpha value is -4.19. The number of rotatable bonds is 5. The van der Waals surface area contributed by atoms with Gasteiger partial charge in [-0.3, -0.25) is 9.59 Å². The van der Waals surface area contributed by atoms with E-state index in [0.717, 1.165) is 5.56 Å². The van der Waals surface area contributed by atoms with Crippen molar-refractivity contribution in [1.29, 1.82) is 0 Å². The van der Waals surface area contributed by atoms with Crippen LogP contribution in [0.15, 0.2) is 77.6 Å². The maximum atomic E-state index is 12.4. The topological polar surface area (TPSA) is 84.1 Å². The third-order valence-corrected chi connectivity index (χ3v) is 4.56. The highest BCUT2D eigenvalue weighted by Crippen LogP contribution is 2.16. The van der Waals surface area contributed by atoms with Gasteiger partial charge in [-0.2, -0.15) is 0 Å². The molecule has 0 aliphatic heterocycles. The fourth-order valence-corrected chi connectivity index (χ4v) is 3.02. The van der Waals surface area contributed by atoms with Crippen molar-refractivity contribution in [3.8, 4) is 5.75 Å². The maximum absolute atomic E-state index is 12.4. The number of amides is 1. The van der Waals surface area contributed by atoms with E-state index < -0.39 is 0 Å². The Balaban J connectivity index is 1.52. The highest BCUT2D eigenvalue weighted by molar-refractivity contribution is 6.04. The highest BCUT2D eigenvalue weighted by atomic mass is 16.5. The van der Waals surface area contributed by atoms with Crippen molar-refractivity contribution < 1.29 is 9.53 Å². The van der Waals surface area contributed by atoms with Gasteiger partial charge in [0.25, 0.3) is 11.5 Å². The van der Waals surface area contributed by atoms with Crippen LogP contribution in [0.4, 0.5) is 5.69 Å². The van der Waals surface area contributed by atoms with E-state index in [2.05, 4.69) is 15.3 Å². The van der Waals surface area contributed by atoms with E-state index in [9.17, 15) is 9.59 Å².